The zero-order valence-electron chi connectivity index (χ0n) is 8.45. The molecule has 0 amide bonds. The smallest absolute Gasteiger partial charge is 0.0682 e. The summed E-state index contributed by atoms with van der Waals surface area (Å²) in [6.07, 6.45) is 2.13. The lowest BCUT2D eigenvalue weighted by Gasteiger charge is -2.23. The molecule has 0 bridgehead atoms. The third-order valence-corrected chi connectivity index (χ3v) is 2.66. The zero-order chi connectivity index (χ0) is 9.14. The highest BCUT2D eigenvalue weighted by molar-refractivity contribution is 4.84. The van der Waals surface area contributed by atoms with Crippen LogP contribution in [0.15, 0.2) is 0 Å². The Balaban J connectivity index is 2.40. The topological polar surface area (TPSA) is 23.5 Å². The molecule has 1 saturated heterocycles. The second kappa shape index (κ2) is 4.24. The molecule has 0 aromatic heterocycles. The van der Waals surface area contributed by atoms with E-state index in [0.29, 0.717) is 6.04 Å². The predicted octanol–water partition coefficient (Wildman–Crippen LogP) is 1.49. The molecule has 0 unspecified atom stereocenters. The van der Waals surface area contributed by atoms with Crippen molar-refractivity contribution < 1.29 is 5.11 Å². The van der Waals surface area contributed by atoms with E-state index in [4.69, 9.17) is 0 Å². The summed E-state index contributed by atoms with van der Waals surface area (Å²) in [4.78, 5) is 2.39. The summed E-state index contributed by atoms with van der Waals surface area (Å²) in [5.41, 5.74) is 0. The SMILES string of the molecule is CCN1C[C@@H](O)C[C@@H]1CC(C)C. The first-order valence-electron chi connectivity index (χ1n) is 5.05. The third kappa shape index (κ3) is 2.46. The molecule has 1 N–H and O–H groups in total. The molecule has 0 saturated carbocycles. The number of hydrogen-bond acceptors (Lipinski definition) is 2. The highest BCUT2D eigenvalue weighted by Gasteiger charge is 2.29. The van der Waals surface area contributed by atoms with Gasteiger partial charge in [-0.15, -0.1) is 0 Å². The van der Waals surface area contributed by atoms with E-state index in [0.717, 1.165) is 25.4 Å². The maximum atomic E-state index is 9.47. The summed E-state index contributed by atoms with van der Waals surface area (Å²) in [7, 11) is 0. The zero-order valence-corrected chi connectivity index (χ0v) is 8.45. The molecule has 0 aromatic carbocycles. The Bertz CT molecular complexity index is 136. The van der Waals surface area contributed by atoms with Crippen molar-refractivity contribution in [3.8, 4) is 0 Å². The van der Waals surface area contributed by atoms with Crippen molar-refractivity contribution in [2.24, 2.45) is 5.92 Å². The molecule has 1 heterocycles. The van der Waals surface area contributed by atoms with Crippen molar-refractivity contribution in [1.82, 2.24) is 4.90 Å². The van der Waals surface area contributed by atoms with Crippen molar-refractivity contribution in [2.75, 3.05) is 13.1 Å². The second-order valence-electron chi connectivity index (χ2n) is 4.26. The van der Waals surface area contributed by atoms with E-state index in [-0.39, 0.29) is 6.10 Å². The van der Waals surface area contributed by atoms with Crippen LogP contribution in [-0.4, -0.2) is 35.2 Å². The van der Waals surface area contributed by atoms with E-state index in [9.17, 15) is 5.11 Å². The number of aliphatic hydroxyl groups is 1. The predicted molar refractivity (Wildman–Crippen MR) is 51.1 cm³/mol. The largest absolute Gasteiger partial charge is 0.392 e. The molecule has 1 aliphatic rings. The van der Waals surface area contributed by atoms with Gasteiger partial charge < -0.3 is 5.11 Å². The first-order chi connectivity index (χ1) is 5.63. The van der Waals surface area contributed by atoms with Gasteiger partial charge in [-0.3, -0.25) is 4.90 Å². The van der Waals surface area contributed by atoms with Crippen LogP contribution >= 0.6 is 0 Å². The first-order valence-corrected chi connectivity index (χ1v) is 5.05. The number of β-amino-alcohol motifs (C(OH)–C–C–N with tert-alkyl or cyclic N) is 1. The quantitative estimate of drug-likeness (QED) is 0.695. The molecule has 2 nitrogen and oxygen atoms in total. The van der Waals surface area contributed by atoms with Gasteiger partial charge in [-0.1, -0.05) is 20.8 Å². The molecule has 0 spiro atoms. The maximum absolute atomic E-state index is 9.47. The Hall–Kier alpha value is -0.0800. The van der Waals surface area contributed by atoms with Crippen LogP contribution in [0.3, 0.4) is 0 Å². The minimum absolute atomic E-state index is 0.0753. The van der Waals surface area contributed by atoms with Gasteiger partial charge in [0.05, 0.1) is 6.10 Å². The molecule has 1 rings (SSSR count). The van der Waals surface area contributed by atoms with Gasteiger partial charge in [0.15, 0.2) is 0 Å². The lowest BCUT2D eigenvalue weighted by Crippen LogP contribution is -2.30. The Labute approximate surface area is 75.6 Å². The van der Waals surface area contributed by atoms with Gasteiger partial charge in [0.25, 0.3) is 0 Å². The van der Waals surface area contributed by atoms with Gasteiger partial charge in [0, 0.05) is 12.6 Å². The van der Waals surface area contributed by atoms with E-state index in [1.165, 1.54) is 6.42 Å². The molecule has 0 aromatic rings. The summed E-state index contributed by atoms with van der Waals surface area (Å²) in [5, 5.41) is 9.47. The van der Waals surface area contributed by atoms with Gasteiger partial charge in [0.1, 0.15) is 0 Å². The Morgan fingerprint density at radius 2 is 2.17 bits per heavy atom. The third-order valence-electron chi connectivity index (χ3n) is 2.66. The van der Waals surface area contributed by atoms with E-state index in [2.05, 4.69) is 25.7 Å². The molecule has 1 fully saturated rings. The number of hydrogen-bond donors (Lipinski definition) is 1. The van der Waals surface area contributed by atoms with Crippen molar-refractivity contribution in [3.63, 3.8) is 0 Å². The van der Waals surface area contributed by atoms with E-state index in [1.807, 2.05) is 0 Å². The maximum Gasteiger partial charge on any atom is 0.0682 e. The van der Waals surface area contributed by atoms with Crippen LogP contribution in [0.4, 0.5) is 0 Å². The van der Waals surface area contributed by atoms with Gasteiger partial charge in [0.2, 0.25) is 0 Å². The van der Waals surface area contributed by atoms with Crippen LogP contribution in [0.1, 0.15) is 33.6 Å². The lowest BCUT2D eigenvalue weighted by atomic mass is 10.0. The second-order valence-corrected chi connectivity index (χ2v) is 4.26. The summed E-state index contributed by atoms with van der Waals surface area (Å²) >= 11 is 0. The minimum atomic E-state index is -0.0753. The van der Waals surface area contributed by atoms with Crippen LogP contribution in [0.2, 0.25) is 0 Å². The molecule has 1 aliphatic heterocycles. The normalized spacial score (nSPS) is 31.8. The highest BCUT2D eigenvalue weighted by atomic mass is 16.3. The molecular weight excluding hydrogens is 150 g/mol. The molecular formula is C10H21NO. The number of likely N-dealkylation sites (N-methyl/N-ethyl adjacent to an activating group) is 1. The van der Waals surface area contributed by atoms with Crippen LogP contribution in [0.25, 0.3) is 0 Å². The van der Waals surface area contributed by atoms with Gasteiger partial charge in [-0.2, -0.15) is 0 Å². The molecule has 0 radical (unpaired) electrons. The Morgan fingerprint density at radius 3 is 2.67 bits per heavy atom. The van der Waals surface area contributed by atoms with Crippen LogP contribution in [0.5, 0.6) is 0 Å². The number of aliphatic hydroxyl groups excluding tert-OH is 1. The summed E-state index contributed by atoms with van der Waals surface area (Å²) in [5.74, 6) is 0.745. The standard InChI is InChI=1S/C10H21NO/c1-4-11-7-10(12)6-9(11)5-8(2)3/h8-10,12H,4-7H2,1-3H3/t9-,10-/m0/s1. The fourth-order valence-electron chi connectivity index (χ4n) is 2.13. The fraction of sp³-hybridized carbons (Fsp3) is 1.00. The summed E-state index contributed by atoms with van der Waals surface area (Å²) < 4.78 is 0. The van der Waals surface area contributed by atoms with Crippen molar-refractivity contribution in [3.05, 3.63) is 0 Å². The van der Waals surface area contributed by atoms with Crippen LogP contribution in [-0.2, 0) is 0 Å². The van der Waals surface area contributed by atoms with E-state index in [1.54, 1.807) is 0 Å². The molecule has 2 atom stereocenters. The number of nitrogens with zero attached hydrogens (tertiary/aromatic N) is 1. The van der Waals surface area contributed by atoms with Crippen LogP contribution in [0, 0.1) is 5.92 Å². The van der Waals surface area contributed by atoms with Gasteiger partial charge >= 0.3 is 0 Å². The molecule has 2 heteroatoms. The molecule has 0 aliphatic carbocycles. The van der Waals surface area contributed by atoms with Gasteiger partial charge in [-0.05, 0) is 25.3 Å². The minimum Gasteiger partial charge on any atom is -0.392 e. The van der Waals surface area contributed by atoms with Crippen molar-refractivity contribution >= 4 is 0 Å². The molecule has 12 heavy (non-hydrogen) atoms. The first kappa shape index (κ1) is 10.0. The highest BCUT2D eigenvalue weighted by Crippen LogP contribution is 2.22. The Kier molecular flexibility index (Phi) is 3.53. The van der Waals surface area contributed by atoms with Gasteiger partial charge in [-0.25, -0.2) is 0 Å². The van der Waals surface area contributed by atoms with Crippen molar-refractivity contribution in [1.29, 1.82) is 0 Å². The molecule has 72 valence electrons. The summed E-state index contributed by atoms with van der Waals surface area (Å²) in [6, 6.07) is 0.630. The fourth-order valence-corrected chi connectivity index (χ4v) is 2.13. The van der Waals surface area contributed by atoms with E-state index >= 15 is 0 Å². The summed E-state index contributed by atoms with van der Waals surface area (Å²) in [6.45, 7) is 8.63. The van der Waals surface area contributed by atoms with Crippen molar-refractivity contribution in [2.45, 2.75) is 45.8 Å². The lowest BCUT2D eigenvalue weighted by molar-refractivity contribution is 0.176. The van der Waals surface area contributed by atoms with E-state index < -0.39 is 0 Å². The Morgan fingerprint density at radius 1 is 1.50 bits per heavy atom. The average Bonchev–Trinajstić information content (AvgIpc) is 2.29. The van der Waals surface area contributed by atoms with Crippen LogP contribution < -0.4 is 0 Å². The number of rotatable bonds is 3. The average molecular weight is 171 g/mol. The monoisotopic (exact) mass is 171 g/mol. The number of likely N-dealkylation sites (tertiary alicyclic amines) is 1.